The highest BCUT2D eigenvalue weighted by Crippen LogP contribution is 2.16. The molecule has 2 rings (SSSR count). The fourth-order valence-electron chi connectivity index (χ4n) is 3.29. The van der Waals surface area contributed by atoms with Crippen LogP contribution in [0.2, 0.25) is 0 Å². The average Bonchev–Trinajstić information content (AvgIpc) is 2.94. The lowest BCUT2D eigenvalue weighted by atomic mass is 9.99. The molecule has 0 aliphatic carbocycles. The van der Waals surface area contributed by atoms with Crippen molar-refractivity contribution in [3.63, 3.8) is 0 Å². The van der Waals surface area contributed by atoms with Crippen molar-refractivity contribution >= 4 is 5.96 Å². The van der Waals surface area contributed by atoms with E-state index < -0.39 is 0 Å². The molecule has 1 N–H and O–H groups in total. The maximum Gasteiger partial charge on any atom is 0.193 e. The monoisotopic (exact) mass is 280 g/mol. The van der Waals surface area contributed by atoms with Crippen LogP contribution in [0.1, 0.15) is 39.5 Å². The van der Waals surface area contributed by atoms with Crippen LogP contribution in [0.4, 0.5) is 0 Å². The van der Waals surface area contributed by atoms with Gasteiger partial charge in [-0.25, -0.2) is 0 Å². The Labute approximate surface area is 124 Å². The molecule has 4 nitrogen and oxygen atoms in total. The quantitative estimate of drug-likeness (QED) is 0.631. The summed E-state index contributed by atoms with van der Waals surface area (Å²) in [5, 5.41) is 3.58. The molecule has 0 aromatic heterocycles. The maximum atomic E-state index is 4.46. The molecule has 0 amide bonds. The second kappa shape index (κ2) is 7.87. The van der Waals surface area contributed by atoms with Crippen LogP contribution in [-0.2, 0) is 0 Å². The summed E-state index contributed by atoms with van der Waals surface area (Å²) in [6.45, 7) is 11.9. The van der Waals surface area contributed by atoms with Gasteiger partial charge in [0.05, 0.1) is 0 Å². The van der Waals surface area contributed by atoms with E-state index in [9.17, 15) is 0 Å². The van der Waals surface area contributed by atoms with E-state index in [0.29, 0.717) is 5.92 Å². The summed E-state index contributed by atoms with van der Waals surface area (Å²) >= 11 is 0. The molecule has 2 aliphatic heterocycles. The molecule has 0 saturated carbocycles. The fourth-order valence-corrected chi connectivity index (χ4v) is 3.29. The first-order chi connectivity index (χ1) is 9.69. The second-order valence-corrected chi connectivity index (χ2v) is 6.71. The van der Waals surface area contributed by atoms with Crippen LogP contribution in [0.5, 0.6) is 0 Å². The Kier molecular flexibility index (Phi) is 6.14. The number of hydrogen-bond acceptors (Lipinski definition) is 2. The molecule has 0 bridgehead atoms. The molecule has 0 aromatic rings. The molecule has 2 heterocycles. The molecule has 20 heavy (non-hydrogen) atoms. The summed E-state index contributed by atoms with van der Waals surface area (Å²) in [6.07, 6.45) is 5.36. The number of nitrogens with one attached hydrogen (secondary N) is 1. The van der Waals surface area contributed by atoms with E-state index in [-0.39, 0.29) is 0 Å². The Balaban J connectivity index is 1.70. The van der Waals surface area contributed by atoms with Gasteiger partial charge in [-0.15, -0.1) is 0 Å². The van der Waals surface area contributed by atoms with Gasteiger partial charge < -0.3 is 15.1 Å². The highest BCUT2D eigenvalue weighted by atomic mass is 15.3. The van der Waals surface area contributed by atoms with Gasteiger partial charge in [0.2, 0.25) is 0 Å². The first-order valence-corrected chi connectivity index (χ1v) is 8.37. The van der Waals surface area contributed by atoms with Gasteiger partial charge in [0, 0.05) is 33.2 Å². The van der Waals surface area contributed by atoms with Gasteiger partial charge in [-0.2, -0.15) is 0 Å². The molecule has 4 heteroatoms. The van der Waals surface area contributed by atoms with E-state index in [0.717, 1.165) is 31.5 Å². The molecule has 1 atom stereocenters. The lowest BCUT2D eigenvalue weighted by molar-refractivity contribution is 0.265. The van der Waals surface area contributed by atoms with Gasteiger partial charge in [-0.1, -0.05) is 13.8 Å². The van der Waals surface area contributed by atoms with Crippen LogP contribution >= 0.6 is 0 Å². The Morgan fingerprint density at radius 1 is 1.20 bits per heavy atom. The minimum absolute atomic E-state index is 0.688. The Morgan fingerprint density at radius 3 is 2.45 bits per heavy atom. The van der Waals surface area contributed by atoms with E-state index in [1.54, 1.807) is 0 Å². The highest BCUT2D eigenvalue weighted by Gasteiger charge is 2.19. The highest BCUT2D eigenvalue weighted by molar-refractivity contribution is 5.79. The molecule has 0 spiro atoms. The normalized spacial score (nSPS) is 24.1. The standard InChI is InChI=1S/C16H32N4/c1-14-6-10-20(11-7-14)16(17-3)18-12-15(2)13-19-8-4-5-9-19/h14-15H,4-13H2,1-3H3,(H,17,18). The number of nitrogens with zero attached hydrogens (tertiary/aromatic N) is 3. The molecule has 2 aliphatic rings. The van der Waals surface area contributed by atoms with Crippen molar-refractivity contribution in [2.75, 3.05) is 46.3 Å². The number of aliphatic imine (C=N–C) groups is 1. The van der Waals surface area contributed by atoms with Crippen LogP contribution in [0.3, 0.4) is 0 Å². The van der Waals surface area contributed by atoms with Gasteiger partial charge in [0.25, 0.3) is 0 Å². The number of likely N-dealkylation sites (tertiary alicyclic amines) is 2. The first kappa shape index (κ1) is 15.6. The van der Waals surface area contributed by atoms with Crippen LogP contribution in [0.25, 0.3) is 0 Å². The Hall–Kier alpha value is -0.770. The summed E-state index contributed by atoms with van der Waals surface area (Å²) in [7, 11) is 1.91. The zero-order valence-corrected chi connectivity index (χ0v) is 13.6. The summed E-state index contributed by atoms with van der Waals surface area (Å²) in [5.41, 5.74) is 0. The van der Waals surface area contributed by atoms with Crippen LogP contribution in [0.15, 0.2) is 4.99 Å². The second-order valence-electron chi connectivity index (χ2n) is 6.71. The molecule has 2 fully saturated rings. The minimum atomic E-state index is 0.688. The van der Waals surface area contributed by atoms with Crippen LogP contribution in [0, 0.1) is 11.8 Å². The van der Waals surface area contributed by atoms with Gasteiger partial charge in [0.1, 0.15) is 0 Å². The minimum Gasteiger partial charge on any atom is -0.356 e. The molecule has 1 unspecified atom stereocenters. The smallest absolute Gasteiger partial charge is 0.193 e. The fraction of sp³-hybridized carbons (Fsp3) is 0.938. The maximum absolute atomic E-state index is 4.46. The third-order valence-corrected chi connectivity index (χ3v) is 4.67. The predicted octanol–water partition coefficient (Wildman–Crippen LogP) is 2.03. The average molecular weight is 280 g/mol. The lowest BCUT2D eigenvalue weighted by Gasteiger charge is -2.33. The van der Waals surface area contributed by atoms with Crippen molar-refractivity contribution in [3.05, 3.63) is 0 Å². The largest absolute Gasteiger partial charge is 0.356 e. The van der Waals surface area contributed by atoms with Gasteiger partial charge in [-0.3, -0.25) is 4.99 Å². The predicted molar refractivity (Wildman–Crippen MR) is 86.2 cm³/mol. The van der Waals surface area contributed by atoms with Crippen molar-refractivity contribution in [1.82, 2.24) is 15.1 Å². The number of guanidine groups is 1. The van der Waals surface area contributed by atoms with Gasteiger partial charge in [-0.05, 0) is 50.6 Å². The first-order valence-electron chi connectivity index (χ1n) is 8.37. The lowest BCUT2D eigenvalue weighted by Crippen LogP contribution is -2.47. The van der Waals surface area contributed by atoms with E-state index in [1.807, 2.05) is 7.05 Å². The van der Waals surface area contributed by atoms with E-state index in [2.05, 4.69) is 34.0 Å². The number of piperidine rings is 1. The van der Waals surface area contributed by atoms with Crippen molar-refractivity contribution in [1.29, 1.82) is 0 Å². The van der Waals surface area contributed by atoms with E-state index in [4.69, 9.17) is 0 Å². The van der Waals surface area contributed by atoms with Crippen LogP contribution in [-0.4, -0.2) is 62.1 Å². The molecule has 2 saturated heterocycles. The summed E-state index contributed by atoms with van der Waals surface area (Å²) in [6, 6.07) is 0. The summed E-state index contributed by atoms with van der Waals surface area (Å²) in [5.74, 6) is 2.66. The summed E-state index contributed by atoms with van der Waals surface area (Å²) in [4.78, 5) is 9.47. The molecule has 0 aromatic carbocycles. The zero-order chi connectivity index (χ0) is 14.4. The number of rotatable bonds is 4. The van der Waals surface area contributed by atoms with E-state index in [1.165, 1.54) is 45.3 Å². The topological polar surface area (TPSA) is 30.9 Å². The third kappa shape index (κ3) is 4.65. The van der Waals surface area contributed by atoms with Crippen molar-refractivity contribution < 1.29 is 0 Å². The SMILES string of the molecule is CN=C(NCC(C)CN1CCCC1)N1CCC(C)CC1. The van der Waals surface area contributed by atoms with Gasteiger partial charge >= 0.3 is 0 Å². The van der Waals surface area contributed by atoms with E-state index >= 15 is 0 Å². The Bertz CT molecular complexity index is 302. The van der Waals surface area contributed by atoms with Crippen molar-refractivity contribution in [2.45, 2.75) is 39.5 Å². The molecule has 116 valence electrons. The number of hydrogen-bond donors (Lipinski definition) is 1. The molecular formula is C16H32N4. The Morgan fingerprint density at radius 2 is 1.85 bits per heavy atom. The molecule has 0 radical (unpaired) electrons. The van der Waals surface area contributed by atoms with Crippen LogP contribution < -0.4 is 5.32 Å². The molecular weight excluding hydrogens is 248 g/mol. The van der Waals surface area contributed by atoms with Crippen molar-refractivity contribution in [3.8, 4) is 0 Å². The zero-order valence-electron chi connectivity index (χ0n) is 13.6. The summed E-state index contributed by atoms with van der Waals surface area (Å²) < 4.78 is 0. The third-order valence-electron chi connectivity index (χ3n) is 4.67. The van der Waals surface area contributed by atoms with Gasteiger partial charge in [0.15, 0.2) is 5.96 Å². The van der Waals surface area contributed by atoms with Crippen molar-refractivity contribution in [2.24, 2.45) is 16.8 Å².